The van der Waals surface area contributed by atoms with Crippen molar-refractivity contribution in [2.24, 2.45) is 0 Å². The van der Waals surface area contributed by atoms with Gasteiger partial charge in [-0.25, -0.2) is 4.79 Å². The summed E-state index contributed by atoms with van der Waals surface area (Å²) in [6, 6.07) is 4.96. The van der Waals surface area contributed by atoms with Crippen LogP contribution in [0.25, 0.3) is 0 Å². The molecule has 1 aliphatic rings. The Bertz CT molecular complexity index is 583. The number of ether oxygens (including phenoxy) is 1. The Hall–Kier alpha value is -2.37. The SMILES string of the molecule is CCNC(=O)C(C)OC(=O)c1ccc2c(c1)CCC(=O)N2. The van der Waals surface area contributed by atoms with Gasteiger partial charge in [0.1, 0.15) is 0 Å². The number of hydrogen-bond donors (Lipinski definition) is 2. The van der Waals surface area contributed by atoms with Gasteiger partial charge in [-0.15, -0.1) is 0 Å². The van der Waals surface area contributed by atoms with Crippen molar-refractivity contribution >= 4 is 23.5 Å². The molecule has 0 saturated carbocycles. The molecule has 6 heteroatoms. The summed E-state index contributed by atoms with van der Waals surface area (Å²) < 4.78 is 5.12. The smallest absolute Gasteiger partial charge is 0.338 e. The van der Waals surface area contributed by atoms with Crippen LogP contribution in [0.2, 0.25) is 0 Å². The molecule has 0 radical (unpaired) electrons. The summed E-state index contributed by atoms with van der Waals surface area (Å²) in [4.78, 5) is 34.8. The first-order valence-corrected chi connectivity index (χ1v) is 6.92. The molecule has 1 atom stereocenters. The molecule has 0 fully saturated rings. The van der Waals surface area contributed by atoms with E-state index in [9.17, 15) is 14.4 Å². The zero-order valence-corrected chi connectivity index (χ0v) is 12.1. The van der Waals surface area contributed by atoms with Crippen molar-refractivity contribution in [3.8, 4) is 0 Å². The highest BCUT2D eigenvalue weighted by molar-refractivity contribution is 5.96. The number of aryl methyl sites for hydroxylation is 1. The number of rotatable bonds is 4. The van der Waals surface area contributed by atoms with Gasteiger partial charge in [0.05, 0.1) is 5.56 Å². The number of carbonyl (C=O) groups is 3. The minimum atomic E-state index is -0.840. The Morgan fingerprint density at radius 3 is 2.86 bits per heavy atom. The van der Waals surface area contributed by atoms with E-state index in [1.807, 2.05) is 0 Å². The average Bonchev–Trinajstić information content (AvgIpc) is 2.46. The Balaban J connectivity index is 2.06. The Labute approximate surface area is 122 Å². The lowest BCUT2D eigenvalue weighted by atomic mass is 10.0. The van der Waals surface area contributed by atoms with E-state index in [1.165, 1.54) is 6.92 Å². The van der Waals surface area contributed by atoms with Crippen molar-refractivity contribution in [1.82, 2.24) is 5.32 Å². The topological polar surface area (TPSA) is 84.5 Å². The molecule has 1 unspecified atom stereocenters. The second-order valence-corrected chi connectivity index (χ2v) is 4.86. The molecule has 2 N–H and O–H groups in total. The fraction of sp³-hybridized carbons (Fsp3) is 0.400. The van der Waals surface area contributed by atoms with E-state index < -0.39 is 12.1 Å². The summed E-state index contributed by atoms with van der Waals surface area (Å²) in [5, 5.41) is 5.34. The predicted molar refractivity (Wildman–Crippen MR) is 77.0 cm³/mol. The molecule has 0 saturated heterocycles. The molecule has 2 amide bonds. The molecule has 0 aromatic heterocycles. The van der Waals surface area contributed by atoms with E-state index in [1.54, 1.807) is 25.1 Å². The number of amides is 2. The molecule has 112 valence electrons. The number of benzene rings is 1. The van der Waals surface area contributed by atoms with Crippen LogP contribution in [0.4, 0.5) is 5.69 Å². The van der Waals surface area contributed by atoms with Crippen molar-refractivity contribution in [3.05, 3.63) is 29.3 Å². The minimum Gasteiger partial charge on any atom is -0.449 e. The van der Waals surface area contributed by atoms with Gasteiger partial charge in [-0.2, -0.15) is 0 Å². The van der Waals surface area contributed by atoms with Crippen LogP contribution in [0.1, 0.15) is 36.2 Å². The second-order valence-electron chi connectivity index (χ2n) is 4.86. The molecule has 0 spiro atoms. The highest BCUT2D eigenvalue weighted by Gasteiger charge is 2.20. The zero-order valence-electron chi connectivity index (χ0n) is 12.1. The fourth-order valence-electron chi connectivity index (χ4n) is 2.11. The fourth-order valence-corrected chi connectivity index (χ4v) is 2.11. The van der Waals surface area contributed by atoms with Gasteiger partial charge in [0, 0.05) is 18.7 Å². The maximum atomic E-state index is 12.0. The number of nitrogens with one attached hydrogen (secondary N) is 2. The van der Waals surface area contributed by atoms with Crippen molar-refractivity contribution in [1.29, 1.82) is 0 Å². The molecule has 2 rings (SSSR count). The molecule has 1 aromatic carbocycles. The maximum Gasteiger partial charge on any atom is 0.338 e. The van der Waals surface area contributed by atoms with Crippen LogP contribution in [0.5, 0.6) is 0 Å². The second kappa shape index (κ2) is 6.39. The summed E-state index contributed by atoms with van der Waals surface area (Å²) in [7, 11) is 0. The maximum absolute atomic E-state index is 12.0. The molecular weight excluding hydrogens is 272 g/mol. The third-order valence-corrected chi connectivity index (χ3v) is 3.24. The molecule has 6 nitrogen and oxygen atoms in total. The van der Waals surface area contributed by atoms with E-state index in [-0.39, 0.29) is 11.8 Å². The van der Waals surface area contributed by atoms with Crippen LogP contribution >= 0.6 is 0 Å². The van der Waals surface area contributed by atoms with Crippen LogP contribution in [-0.2, 0) is 20.7 Å². The van der Waals surface area contributed by atoms with Gasteiger partial charge in [-0.3, -0.25) is 9.59 Å². The van der Waals surface area contributed by atoms with Gasteiger partial charge in [0.25, 0.3) is 5.91 Å². The van der Waals surface area contributed by atoms with Gasteiger partial charge >= 0.3 is 5.97 Å². The largest absolute Gasteiger partial charge is 0.449 e. The van der Waals surface area contributed by atoms with Gasteiger partial charge in [0.15, 0.2) is 6.10 Å². The van der Waals surface area contributed by atoms with Crippen molar-refractivity contribution in [3.63, 3.8) is 0 Å². The van der Waals surface area contributed by atoms with Gasteiger partial charge in [-0.05, 0) is 44.0 Å². The summed E-state index contributed by atoms with van der Waals surface area (Å²) in [5.41, 5.74) is 2.00. The van der Waals surface area contributed by atoms with Crippen molar-refractivity contribution in [2.75, 3.05) is 11.9 Å². The highest BCUT2D eigenvalue weighted by atomic mass is 16.5. The van der Waals surface area contributed by atoms with Crippen LogP contribution in [0.3, 0.4) is 0 Å². The first-order chi connectivity index (χ1) is 10.0. The predicted octanol–water partition coefficient (Wildman–Crippen LogP) is 1.25. The minimum absolute atomic E-state index is 0.0253. The lowest BCUT2D eigenvalue weighted by Gasteiger charge is -2.18. The van der Waals surface area contributed by atoms with Crippen LogP contribution in [0, 0.1) is 0 Å². The first kappa shape index (κ1) is 15.0. The average molecular weight is 290 g/mol. The van der Waals surface area contributed by atoms with E-state index in [2.05, 4.69) is 10.6 Å². The summed E-state index contributed by atoms with van der Waals surface area (Å²) >= 11 is 0. The van der Waals surface area contributed by atoms with Crippen LogP contribution < -0.4 is 10.6 Å². The number of anilines is 1. The molecular formula is C15H18N2O4. The Morgan fingerprint density at radius 1 is 1.38 bits per heavy atom. The molecule has 1 aliphatic heterocycles. The molecule has 21 heavy (non-hydrogen) atoms. The van der Waals surface area contributed by atoms with Crippen molar-refractivity contribution < 1.29 is 19.1 Å². The third-order valence-electron chi connectivity index (χ3n) is 3.24. The van der Waals surface area contributed by atoms with Crippen molar-refractivity contribution in [2.45, 2.75) is 32.8 Å². The number of carbonyl (C=O) groups excluding carboxylic acids is 3. The molecule has 0 bridgehead atoms. The number of esters is 1. The third kappa shape index (κ3) is 3.59. The summed E-state index contributed by atoms with van der Waals surface area (Å²) in [6.07, 6.45) is 0.155. The van der Waals surface area contributed by atoms with Gasteiger partial charge in [0.2, 0.25) is 5.91 Å². The number of fused-ring (bicyclic) bond motifs is 1. The van der Waals surface area contributed by atoms with E-state index in [4.69, 9.17) is 4.74 Å². The van der Waals surface area contributed by atoms with E-state index in [0.717, 1.165) is 11.3 Å². The number of hydrogen-bond acceptors (Lipinski definition) is 4. The van der Waals surface area contributed by atoms with Crippen LogP contribution in [-0.4, -0.2) is 30.4 Å². The van der Waals surface area contributed by atoms with Gasteiger partial charge < -0.3 is 15.4 Å². The molecule has 0 aliphatic carbocycles. The molecule has 1 heterocycles. The van der Waals surface area contributed by atoms with Gasteiger partial charge in [-0.1, -0.05) is 0 Å². The standard InChI is InChI=1S/C15H18N2O4/c1-3-16-14(19)9(2)21-15(20)11-4-6-12-10(8-11)5-7-13(18)17-12/h4,6,8-9H,3,5,7H2,1-2H3,(H,16,19)(H,17,18). The Kier molecular flexibility index (Phi) is 4.57. The normalized spacial score (nSPS) is 14.7. The summed E-state index contributed by atoms with van der Waals surface area (Å²) in [6.45, 7) is 3.81. The lowest BCUT2D eigenvalue weighted by Crippen LogP contribution is -2.35. The van der Waals surface area contributed by atoms with E-state index >= 15 is 0 Å². The number of likely N-dealkylation sites (N-methyl/N-ethyl adjacent to an activating group) is 1. The van der Waals surface area contributed by atoms with Crippen LogP contribution in [0.15, 0.2) is 18.2 Å². The molecule has 1 aromatic rings. The highest BCUT2D eigenvalue weighted by Crippen LogP contribution is 2.24. The lowest BCUT2D eigenvalue weighted by molar-refractivity contribution is -0.129. The van der Waals surface area contributed by atoms with E-state index in [0.29, 0.717) is 24.9 Å². The summed E-state index contributed by atoms with van der Waals surface area (Å²) in [5.74, 6) is -0.896. The Morgan fingerprint density at radius 2 is 2.14 bits per heavy atom. The first-order valence-electron chi connectivity index (χ1n) is 6.92. The monoisotopic (exact) mass is 290 g/mol. The zero-order chi connectivity index (χ0) is 15.4. The quantitative estimate of drug-likeness (QED) is 0.817.